The standard InChI is InChI=1S/C21H23N3O5/c1-15-22-20(23-29-15)14-28-17-10-8-16(9-11-17)21(25)24(2)12-13-27-19-7-5-4-6-18(19)26-3/h4-11H,12-14H2,1-3H3. The molecule has 8 heteroatoms. The lowest BCUT2D eigenvalue weighted by Crippen LogP contribution is -2.30. The number of amides is 1. The highest BCUT2D eigenvalue weighted by molar-refractivity contribution is 5.94. The van der Waals surface area contributed by atoms with Gasteiger partial charge in [-0.3, -0.25) is 4.79 Å². The van der Waals surface area contributed by atoms with E-state index in [0.29, 0.717) is 47.7 Å². The molecule has 1 aromatic heterocycles. The summed E-state index contributed by atoms with van der Waals surface area (Å²) in [6.45, 7) is 2.71. The summed E-state index contributed by atoms with van der Waals surface area (Å²) in [6, 6.07) is 14.3. The van der Waals surface area contributed by atoms with Gasteiger partial charge in [-0.05, 0) is 36.4 Å². The van der Waals surface area contributed by atoms with Crippen molar-refractivity contribution < 1.29 is 23.5 Å². The molecule has 0 radical (unpaired) electrons. The highest BCUT2D eigenvalue weighted by Gasteiger charge is 2.12. The molecule has 29 heavy (non-hydrogen) atoms. The quantitative estimate of drug-likeness (QED) is 0.548. The van der Waals surface area contributed by atoms with Crippen LogP contribution in [0.15, 0.2) is 53.1 Å². The number of benzene rings is 2. The number of rotatable bonds is 9. The van der Waals surface area contributed by atoms with Crippen molar-refractivity contribution in [3.8, 4) is 17.2 Å². The second-order valence-electron chi connectivity index (χ2n) is 6.27. The van der Waals surface area contributed by atoms with Crippen molar-refractivity contribution in [1.29, 1.82) is 0 Å². The molecule has 0 aliphatic carbocycles. The van der Waals surface area contributed by atoms with Crippen LogP contribution in [-0.4, -0.2) is 48.3 Å². The van der Waals surface area contributed by atoms with E-state index in [4.69, 9.17) is 18.7 Å². The number of para-hydroxylation sites is 2. The minimum atomic E-state index is -0.103. The summed E-state index contributed by atoms with van der Waals surface area (Å²) in [7, 11) is 3.32. The van der Waals surface area contributed by atoms with Crippen LogP contribution in [0, 0.1) is 6.92 Å². The van der Waals surface area contributed by atoms with Crippen molar-refractivity contribution in [1.82, 2.24) is 15.0 Å². The van der Waals surface area contributed by atoms with E-state index in [2.05, 4.69) is 10.1 Å². The van der Waals surface area contributed by atoms with E-state index < -0.39 is 0 Å². The number of aromatic nitrogens is 2. The predicted octanol–water partition coefficient (Wildman–Crippen LogP) is 3.12. The average molecular weight is 397 g/mol. The van der Waals surface area contributed by atoms with Gasteiger partial charge in [-0.1, -0.05) is 17.3 Å². The fourth-order valence-corrected chi connectivity index (χ4v) is 2.59. The monoisotopic (exact) mass is 397 g/mol. The van der Waals surface area contributed by atoms with Crippen LogP contribution in [0.25, 0.3) is 0 Å². The first-order valence-corrected chi connectivity index (χ1v) is 9.10. The zero-order valence-electron chi connectivity index (χ0n) is 16.6. The van der Waals surface area contributed by atoms with E-state index in [0.717, 1.165) is 0 Å². The van der Waals surface area contributed by atoms with Gasteiger partial charge in [-0.25, -0.2) is 0 Å². The number of nitrogens with zero attached hydrogens (tertiary/aromatic N) is 3. The van der Waals surface area contributed by atoms with E-state index in [1.165, 1.54) is 0 Å². The van der Waals surface area contributed by atoms with Crippen LogP contribution in [-0.2, 0) is 6.61 Å². The smallest absolute Gasteiger partial charge is 0.253 e. The molecule has 3 aromatic rings. The molecule has 0 saturated carbocycles. The molecule has 0 fully saturated rings. The molecule has 0 N–H and O–H groups in total. The third kappa shape index (κ3) is 5.47. The van der Waals surface area contributed by atoms with Crippen LogP contribution in [0.3, 0.4) is 0 Å². The maximum Gasteiger partial charge on any atom is 0.253 e. The Labute approximate surface area is 169 Å². The van der Waals surface area contributed by atoms with Gasteiger partial charge in [-0.15, -0.1) is 0 Å². The number of carbonyl (C=O) groups excluding carboxylic acids is 1. The van der Waals surface area contributed by atoms with E-state index in [1.807, 2.05) is 24.3 Å². The first-order chi connectivity index (χ1) is 14.1. The minimum Gasteiger partial charge on any atom is -0.493 e. The van der Waals surface area contributed by atoms with Gasteiger partial charge >= 0.3 is 0 Å². The fraction of sp³-hybridized carbons (Fsp3) is 0.286. The highest BCUT2D eigenvalue weighted by atomic mass is 16.5. The molecule has 1 amide bonds. The van der Waals surface area contributed by atoms with Gasteiger partial charge in [0.05, 0.1) is 13.7 Å². The normalized spacial score (nSPS) is 10.4. The number of carbonyl (C=O) groups is 1. The van der Waals surface area contributed by atoms with Crippen molar-refractivity contribution in [2.45, 2.75) is 13.5 Å². The Bertz CT molecular complexity index is 939. The molecule has 0 aliphatic rings. The topological polar surface area (TPSA) is 86.9 Å². The van der Waals surface area contributed by atoms with Crippen molar-refractivity contribution >= 4 is 5.91 Å². The number of likely N-dealkylation sites (N-methyl/N-ethyl adjacent to an activating group) is 1. The van der Waals surface area contributed by atoms with Gasteiger partial charge in [0.15, 0.2) is 18.1 Å². The third-order valence-electron chi connectivity index (χ3n) is 4.14. The van der Waals surface area contributed by atoms with Crippen LogP contribution in [0.4, 0.5) is 0 Å². The lowest BCUT2D eigenvalue weighted by atomic mass is 10.2. The number of aryl methyl sites for hydroxylation is 1. The first kappa shape index (κ1) is 20.2. The molecule has 0 saturated heterocycles. The summed E-state index contributed by atoms with van der Waals surface area (Å²) in [4.78, 5) is 18.3. The van der Waals surface area contributed by atoms with Gasteiger partial charge in [0.1, 0.15) is 12.4 Å². The average Bonchev–Trinajstić information content (AvgIpc) is 3.17. The van der Waals surface area contributed by atoms with Gasteiger partial charge in [-0.2, -0.15) is 4.98 Å². The largest absolute Gasteiger partial charge is 0.493 e. The minimum absolute atomic E-state index is 0.103. The van der Waals surface area contributed by atoms with E-state index >= 15 is 0 Å². The summed E-state index contributed by atoms with van der Waals surface area (Å²) in [5.74, 6) is 2.78. The molecule has 0 unspecified atom stereocenters. The lowest BCUT2D eigenvalue weighted by Gasteiger charge is -2.18. The number of methoxy groups -OCH3 is 1. The predicted molar refractivity (Wildman–Crippen MR) is 105 cm³/mol. The van der Waals surface area contributed by atoms with Crippen molar-refractivity contribution in [2.24, 2.45) is 0 Å². The summed E-state index contributed by atoms with van der Waals surface area (Å²) in [6.07, 6.45) is 0. The van der Waals surface area contributed by atoms with Gasteiger partial charge < -0.3 is 23.6 Å². The number of hydrogen-bond acceptors (Lipinski definition) is 7. The lowest BCUT2D eigenvalue weighted by molar-refractivity contribution is 0.0773. The molecule has 8 nitrogen and oxygen atoms in total. The van der Waals surface area contributed by atoms with Gasteiger partial charge in [0.25, 0.3) is 5.91 Å². The second kappa shape index (κ2) is 9.59. The Morgan fingerprint density at radius 2 is 1.79 bits per heavy atom. The molecular formula is C21H23N3O5. The molecule has 0 aliphatic heterocycles. The van der Waals surface area contributed by atoms with Crippen molar-refractivity contribution in [3.63, 3.8) is 0 Å². The van der Waals surface area contributed by atoms with Crippen molar-refractivity contribution in [3.05, 3.63) is 65.8 Å². The van der Waals surface area contributed by atoms with Crippen LogP contribution >= 0.6 is 0 Å². The summed E-state index contributed by atoms with van der Waals surface area (Å²) >= 11 is 0. The Hall–Kier alpha value is -3.55. The summed E-state index contributed by atoms with van der Waals surface area (Å²) in [5.41, 5.74) is 0.563. The zero-order chi connectivity index (χ0) is 20.6. The molecule has 152 valence electrons. The highest BCUT2D eigenvalue weighted by Crippen LogP contribution is 2.25. The van der Waals surface area contributed by atoms with Crippen LogP contribution in [0.2, 0.25) is 0 Å². The Morgan fingerprint density at radius 3 is 2.45 bits per heavy atom. The SMILES string of the molecule is COc1ccccc1OCCN(C)C(=O)c1ccc(OCc2noc(C)n2)cc1. The van der Waals surface area contributed by atoms with E-state index in [1.54, 1.807) is 50.2 Å². The van der Waals surface area contributed by atoms with Crippen LogP contribution in [0.1, 0.15) is 22.1 Å². The van der Waals surface area contributed by atoms with Gasteiger partial charge in [0, 0.05) is 19.5 Å². The van der Waals surface area contributed by atoms with Crippen LogP contribution < -0.4 is 14.2 Å². The fourth-order valence-electron chi connectivity index (χ4n) is 2.59. The molecule has 0 atom stereocenters. The molecule has 0 bridgehead atoms. The van der Waals surface area contributed by atoms with Gasteiger partial charge in [0.2, 0.25) is 11.7 Å². The van der Waals surface area contributed by atoms with E-state index in [9.17, 15) is 4.79 Å². The molecule has 3 rings (SSSR count). The maximum absolute atomic E-state index is 12.6. The Balaban J connectivity index is 1.48. The van der Waals surface area contributed by atoms with E-state index in [-0.39, 0.29) is 12.5 Å². The Morgan fingerprint density at radius 1 is 1.07 bits per heavy atom. The summed E-state index contributed by atoms with van der Waals surface area (Å²) in [5, 5.41) is 3.77. The Kier molecular flexibility index (Phi) is 6.67. The van der Waals surface area contributed by atoms with Crippen LogP contribution in [0.5, 0.6) is 17.2 Å². The zero-order valence-corrected chi connectivity index (χ0v) is 16.6. The summed E-state index contributed by atoms with van der Waals surface area (Å²) < 4.78 is 21.5. The molecule has 1 heterocycles. The van der Waals surface area contributed by atoms with Crippen molar-refractivity contribution in [2.75, 3.05) is 27.3 Å². The molecule has 0 spiro atoms. The maximum atomic E-state index is 12.6. The molecule has 2 aromatic carbocycles. The second-order valence-corrected chi connectivity index (χ2v) is 6.27. The first-order valence-electron chi connectivity index (χ1n) is 9.10. The number of ether oxygens (including phenoxy) is 3. The third-order valence-corrected chi connectivity index (χ3v) is 4.14. The number of hydrogen-bond donors (Lipinski definition) is 0. The molecular weight excluding hydrogens is 374 g/mol.